The van der Waals surface area contributed by atoms with Crippen LogP contribution in [0.3, 0.4) is 0 Å². The number of halogens is 4. The van der Waals surface area contributed by atoms with Gasteiger partial charge in [-0.15, -0.1) is 0 Å². The van der Waals surface area contributed by atoms with Crippen molar-refractivity contribution >= 4 is 27.5 Å². The molecule has 0 amide bonds. The quantitative estimate of drug-likeness (QED) is 0.862. The van der Waals surface area contributed by atoms with Crippen molar-refractivity contribution in [2.45, 2.75) is 12.5 Å². The van der Waals surface area contributed by atoms with Crippen molar-refractivity contribution in [3.8, 4) is 0 Å². The second-order valence-electron chi connectivity index (χ2n) is 4.22. The minimum atomic E-state index is -0.474. The van der Waals surface area contributed by atoms with Gasteiger partial charge in [0, 0.05) is 11.1 Å². The van der Waals surface area contributed by atoms with Gasteiger partial charge in [0.2, 0.25) is 0 Å². The summed E-state index contributed by atoms with van der Waals surface area (Å²) in [5.41, 5.74) is 7.05. The van der Waals surface area contributed by atoms with Crippen LogP contribution in [0.25, 0.3) is 0 Å². The summed E-state index contributed by atoms with van der Waals surface area (Å²) in [5.74, 6) is -0.787. The molecule has 0 saturated carbocycles. The summed E-state index contributed by atoms with van der Waals surface area (Å²) in [5, 5.41) is 0.338. The molecule has 0 aliphatic carbocycles. The third-order valence-electron chi connectivity index (χ3n) is 2.83. The minimum absolute atomic E-state index is 0.282. The van der Waals surface area contributed by atoms with Crippen LogP contribution in [-0.4, -0.2) is 0 Å². The molecule has 0 saturated heterocycles. The molecule has 2 N–H and O–H groups in total. The van der Waals surface area contributed by atoms with E-state index in [4.69, 9.17) is 17.3 Å². The van der Waals surface area contributed by atoms with Crippen molar-refractivity contribution in [2.75, 3.05) is 0 Å². The Bertz CT molecular complexity index is 604. The van der Waals surface area contributed by atoms with Crippen molar-refractivity contribution < 1.29 is 8.78 Å². The van der Waals surface area contributed by atoms with Gasteiger partial charge in [0.1, 0.15) is 11.6 Å². The van der Waals surface area contributed by atoms with E-state index in [1.165, 1.54) is 12.1 Å². The van der Waals surface area contributed by atoms with Gasteiger partial charge in [0.15, 0.2) is 0 Å². The van der Waals surface area contributed by atoms with Gasteiger partial charge in [0.05, 0.1) is 4.47 Å². The predicted octanol–water partition coefficient (Wildman–Crippen LogP) is 4.62. The lowest BCUT2D eigenvalue weighted by Crippen LogP contribution is -2.14. The molecule has 100 valence electrons. The van der Waals surface area contributed by atoms with Crippen LogP contribution < -0.4 is 5.73 Å². The van der Waals surface area contributed by atoms with Gasteiger partial charge in [-0.3, -0.25) is 0 Å². The van der Waals surface area contributed by atoms with E-state index < -0.39 is 11.9 Å². The van der Waals surface area contributed by atoms with Gasteiger partial charge < -0.3 is 5.73 Å². The summed E-state index contributed by atoms with van der Waals surface area (Å²) in [4.78, 5) is 0. The maximum Gasteiger partial charge on any atom is 0.137 e. The Morgan fingerprint density at radius 1 is 1.11 bits per heavy atom. The highest BCUT2D eigenvalue weighted by Gasteiger charge is 2.12. The molecule has 0 spiro atoms. The third-order valence-corrected chi connectivity index (χ3v) is 3.70. The molecule has 1 unspecified atom stereocenters. The summed E-state index contributed by atoms with van der Waals surface area (Å²) < 4.78 is 27.4. The minimum Gasteiger partial charge on any atom is -0.324 e. The maximum absolute atomic E-state index is 13.6. The number of rotatable bonds is 3. The standard InChI is InChI=1S/C14H11BrClF2N/c15-11-4-2-9(5-13(11)18)14(19)6-8-1-3-10(16)7-12(8)17/h1-5,7,14H,6,19H2. The molecule has 1 atom stereocenters. The summed E-state index contributed by atoms with van der Waals surface area (Å²) in [6.07, 6.45) is 0.282. The molecule has 2 aromatic rings. The van der Waals surface area contributed by atoms with Gasteiger partial charge in [0.25, 0.3) is 0 Å². The molecule has 0 bridgehead atoms. The van der Waals surface area contributed by atoms with Crippen LogP contribution in [0.1, 0.15) is 17.2 Å². The molecular formula is C14H11BrClF2N. The fourth-order valence-corrected chi connectivity index (χ4v) is 2.19. The average molecular weight is 347 g/mol. The van der Waals surface area contributed by atoms with Crippen LogP contribution in [-0.2, 0) is 6.42 Å². The van der Waals surface area contributed by atoms with Crippen LogP contribution in [0.4, 0.5) is 8.78 Å². The van der Waals surface area contributed by atoms with Crippen molar-refractivity contribution in [3.05, 3.63) is 68.7 Å². The monoisotopic (exact) mass is 345 g/mol. The molecule has 0 aliphatic rings. The lowest BCUT2D eigenvalue weighted by atomic mass is 9.99. The van der Waals surface area contributed by atoms with E-state index in [0.29, 0.717) is 20.6 Å². The molecule has 5 heteroatoms. The number of nitrogens with two attached hydrogens (primary N) is 1. The van der Waals surface area contributed by atoms with Crippen molar-refractivity contribution in [3.63, 3.8) is 0 Å². The molecular weight excluding hydrogens is 336 g/mol. The number of hydrogen-bond acceptors (Lipinski definition) is 1. The zero-order chi connectivity index (χ0) is 14.0. The highest BCUT2D eigenvalue weighted by Crippen LogP contribution is 2.23. The number of benzene rings is 2. The highest BCUT2D eigenvalue weighted by atomic mass is 79.9. The SMILES string of the molecule is NC(Cc1ccc(Cl)cc1F)c1ccc(Br)c(F)c1. The Balaban J connectivity index is 2.20. The highest BCUT2D eigenvalue weighted by molar-refractivity contribution is 9.10. The normalized spacial score (nSPS) is 12.5. The molecule has 2 rings (SSSR count). The van der Waals surface area contributed by atoms with Crippen LogP contribution in [0.15, 0.2) is 40.9 Å². The Labute approximate surface area is 123 Å². The molecule has 0 aliphatic heterocycles. The molecule has 0 radical (unpaired) electrons. The van der Waals surface area contributed by atoms with Gasteiger partial charge in [-0.25, -0.2) is 8.78 Å². The van der Waals surface area contributed by atoms with Gasteiger partial charge >= 0.3 is 0 Å². The third kappa shape index (κ3) is 3.53. The van der Waals surface area contributed by atoms with E-state index in [9.17, 15) is 8.78 Å². The van der Waals surface area contributed by atoms with Crippen LogP contribution >= 0.6 is 27.5 Å². The fraction of sp³-hybridized carbons (Fsp3) is 0.143. The first-order valence-corrected chi connectivity index (χ1v) is 6.79. The lowest BCUT2D eigenvalue weighted by molar-refractivity contribution is 0.588. The summed E-state index contributed by atoms with van der Waals surface area (Å²) >= 11 is 8.76. The fourth-order valence-electron chi connectivity index (χ4n) is 1.79. The van der Waals surface area contributed by atoms with E-state index in [0.717, 1.165) is 0 Å². The largest absolute Gasteiger partial charge is 0.324 e. The smallest absolute Gasteiger partial charge is 0.137 e. The van der Waals surface area contributed by atoms with Crippen molar-refractivity contribution in [1.29, 1.82) is 0 Å². The molecule has 0 aromatic heterocycles. The first-order chi connectivity index (χ1) is 8.97. The van der Waals surface area contributed by atoms with E-state index in [2.05, 4.69) is 15.9 Å². The van der Waals surface area contributed by atoms with Gasteiger partial charge in [-0.05, 0) is 57.7 Å². The van der Waals surface area contributed by atoms with Crippen molar-refractivity contribution in [1.82, 2.24) is 0 Å². The molecule has 2 aromatic carbocycles. The number of hydrogen-bond donors (Lipinski definition) is 1. The summed E-state index contributed by atoms with van der Waals surface area (Å²) in [6.45, 7) is 0. The Morgan fingerprint density at radius 2 is 1.84 bits per heavy atom. The summed E-state index contributed by atoms with van der Waals surface area (Å²) in [7, 11) is 0. The topological polar surface area (TPSA) is 26.0 Å². The first-order valence-electron chi connectivity index (χ1n) is 5.62. The summed E-state index contributed by atoms with van der Waals surface area (Å²) in [6, 6.07) is 8.61. The van der Waals surface area contributed by atoms with Crippen LogP contribution in [0, 0.1) is 11.6 Å². The maximum atomic E-state index is 13.6. The van der Waals surface area contributed by atoms with Gasteiger partial charge in [-0.2, -0.15) is 0 Å². The zero-order valence-electron chi connectivity index (χ0n) is 9.84. The lowest BCUT2D eigenvalue weighted by Gasteiger charge is -2.13. The first kappa shape index (κ1) is 14.4. The average Bonchev–Trinajstić information content (AvgIpc) is 2.36. The molecule has 1 nitrogen and oxygen atoms in total. The molecule has 19 heavy (non-hydrogen) atoms. The Hall–Kier alpha value is -0.970. The van der Waals surface area contributed by atoms with E-state index in [-0.39, 0.29) is 12.2 Å². The predicted molar refractivity (Wildman–Crippen MR) is 76.1 cm³/mol. The van der Waals surface area contributed by atoms with Gasteiger partial charge in [-0.1, -0.05) is 23.7 Å². The molecule has 0 heterocycles. The van der Waals surface area contributed by atoms with Crippen molar-refractivity contribution in [2.24, 2.45) is 5.73 Å². The van der Waals surface area contributed by atoms with Crippen LogP contribution in [0.5, 0.6) is 0 Å². The molecule has 0 fully saturated rings. The Kier molecular flexibility index (Phi) is 4.55. The second kappa shape index (κ2) is 5.99. The van der Waals surface area contributed by atoms with Crippen LogP contribution in [0.2, 0.25) is 5.02 Å². The van der Waals surface area contributed by atoms with E-state index >= 15 is 0 Å². The Morgan fingerprint density at radius 3 is 2.47 bits per heavy atom. The van der Waals surface area contributed by atoms with E-state index in [1.807, 2.05) is 0 Å². The zero-order valence-corrected chi connectivity index (χ0v) is 12.2. The second-order valence-corrected chi connectivity index (χ2v) is 5.51. The van der Waals surface area contributed by atoms with E-state index in [1.54, 1.807) is 24.3 Å².